The number of fused-ring (bicyclic) bond motifs is 1. The third kappa shape index (κ3) is 3.33. The summed E-state index contributed by atoms with van der Waals surface area (Å²) < 4.78 is 11.0. The molecule has 0 bridgehead atoms. The quantitative estimate of drug-likeness (QED) is 0.812. The fourth-order valence-electron chi connectivity index (χ4n) is 2.90. The highest BCUT2D eigenvalue weighted by molar-refractivity contribution is 9.08. The number of nitrogens with one attached hydrogen (secondary N) is 1. The number of ether oxygens (including phenoxy) is 2. The molecule has 1 amide bonds. The van der Waals surface area contributed by atoms with E-state index in [9.17, 15) is 4.79 Å². The van der Waals surface area contributed by atoms with Crippen LogP contribution in [-0.4, -0.2) is 37.3 Å². The van der Waals surface area contributed by atoms with Gasteiger partial charge < -0.3 is 14.8 Å². The summed E-state index contributed by atoms with van der Waals surface area (Å²) in [4.78, 5) is 17.0. The molecule has 1 N–H and O–H groups in total. The Labute approximate surface area is 143 Å². The van der Waals surface area contributed by atoms with Crippen molar-refractivity contribution in [1.29, 1.82) is 0 Å². The lowest BCUT2D eigenvalue weighted by atomic mass is 10.0. The highest BCUT2D eigenvalue weighted by Crippen LogP contribution is 2.32. The summed E-state index contributed by atoms with van der Waals surface area (Å²) in [6.45, 7) is 1.32. The van der Waals surface area contributed by atoms with Gasteiger partial charge in [0.2, 0.25) is 0 Å². The van der Waals surface area contributed by atoms with Gasteiger partial charge in [-0.15, -0.1) is 0 Å². The van der Waals surface area contributed by atoms with Crippen molar-refractivity contribution in [3.8, 4) is 5.75 Å². The van der Waals surface area contributed by atoms with E-state index in [2.05, 4.69) is 26.2 Å². The van der Waals surface area contributed by atoms with E-state index in [1.54, 1.807) is 13.3 Å². The zero-order valence-corrected chi connectivity index (χ0v) is 14.6. The van der Waals surface area contributed by atoms with Crippen LogP contribution in [0.1, 0.15) is 28.8 Å². The summed E-state index contributed by atoms with van der Waals surface area (Å²) in [7, 11) is 1.62. The fraction of sp³-hybridized carbons (Fsp3) is 0.412. The van der Waals surface area contributed by atoms with E-state index in [0.29, 0.717) is 28.7 Å². The Morgan fingerprint density at radius 2 is 2.43 bits per heavy atom. The van der Waals surface area contributed by atoms with Gasteiger partial charge in [-0.05, 0) is 25.0 Å². The number of benzene rings is 1. The lowest BCUT2D eigenvalue weighted by Crippen LogP contribution is -2.32. The number of hydrogen-bond acceptors (Lipinski definition) is 4. The molecule has 3 rings (SSSR count). The van der Waals surface area contributed by atoms with Crippen molar-refractivity contribution >= 4 is 32.7 Å². The maximum absolute atomic E-state index is 12.6. The second kappa shape index (κ2) is 7.27. The SMILES string of the molecule is COc1c(CBr)cc(C(=O)NCC2CCCO2)c2cccnc12. The molecule has 1 unspecified atom stereocenters. The van der Waals surface area contributed by atoms with Gasteiger partial charge in [0.1, 0.15) is 11.3 Å². The second-order valence-corrected chi connectivity index (χ2v) is 6.06. The number of hydrogen-bond donors (Lipinski definition) is 1. The number of nitrogens with zero attached hydrogens (tertiary/aromatic N) is 1. The van der Waals surface area contributed by atoms with Crippen LogP contribution in [0.15, 0.2) is 24.4 Å². The number of carbonyl (C=O) groups is 1. The number of rotatable bonds is 5. The van der Waals surface area contributed by atoms with E-state index in [-0.39, 0.29) is 12.0 Å². The zero-order chi connectivity index (χ0) is 16.2. The van der Waals surface area contributed by atoms with Crippen LogP contribution < -0.4 is 10.1 Å². The second-order valence-electron chi connectivity index (χ2n) is 5.49. The molecular weight excluding hydrogens is 360 g/mol. The van der Waals surface area contributed by atoms with Crippen LogP contribution in [0, 0.1) is 0 Å². The molecule has 23 heavy (non-hydrogen) atoms. The third-order valence-electron chi connectivity index (χ3n) is 4.03. The first-order chi connectivity index (χ1) is 11.2. The van der Waals surface area contributed by atoms with Gasteiger partial charge in [-0.3, -0.25) is 9.78 Å². The molecule has 5 nitrogen and oxygen atoms in total. The van der Waals surface area contributed by atoms with E-state index in [0.717, 1.165) is 30.4 Å². The lowest BCUT2D eigenvalue weighted by molar-refractivity contribution is 0.0859. The first-order valence-electron chi connectivity index (χ1n) is 7.65. The van der Waals surface area contributed by atoms with Crippen molar-refractivity contribution in [2.24, 2.45) is 0 Å². The maximum Gasteiger partial charge on any atom is 0.252 e. The number of aromatic nitrogens is 1. The van der Waals surface area contributed by atoms with Crippen molar-refractivity contribution in [2.45, 2.75) is 24.3 Å². The Morgan fingerprint density at radius 1 is 1.57 bits per heavy atom. The number of alkyl halides is 1. The molecular formula is C17H19BrN2O3. The summed E-state index contributed by atoms with van der Waals surface area (Å²) in [6.07, 6.45) is 3.88. The maximum atomic E-state index is 12.6. The predicted molar refractivity (Wildman–Crippen MR) is 92.2 cm³/mol. The lowest BCUT2D eigenvalue weighted by Gasteiger charge is -2.15. The molecule has 0 saturated carbocycles. The van der Waals surface area contributed by atoms with Gasteiger partial charge in [0.25, 0.3) is 5.91 Å². The molecule has 1 atom stereocenters. The molecule has 0 spiro atoms. The van der Waals surface area contributed by atoms with Crippen molar-refractivity contribution in [2.75, 3.05) is 20.3 Å². The molecule has 2 aromatic rings. The first kappa shape index (κ1) is 16.2. The van der Waals surface area contributed by atoms with Gasteiger partial charge in [0.15, 0.2) is 0 Å². The van der Waals surface area contributed by atoms with Crippen molar-refractivity contribution in [3.63, 3.8) is 0 Å². The first-order valence-corrected chi connectivity index (χ1v) is 8.77. The zero-order valence-electron chi connectivity index (χ0n) is 13.0. The summed E-state index contributed by atoms with van der Waals surface area (Å²) >= 11 is 3.45. The monoisotopic (exact) mass is 378 g/mol. The van der Waals surface area contributed by atoms with Crippen LogP contribution in [0.4, 0.5) is 0 Å². The average molecular weight is 379 g/mol. The van der Waals surface area contributed by atoms with Gasteiger partial charge in [-0.25, -0.2) is 0 Å². The molecule has 1 fully saturated rings. The molecule has 1 aromatic heterocycles. The van der Waals surface area contributed by atoms with E-state index in [1.807, 2.05) is 18.2 Å². The topological polar surface area (TPSA) is 60.5 Å². The highest BCUT2D eigenvalue weighted by atomic mass is 79.9. The Morgan fingerprint density at radius 3 is 3.13 bits per heavy atom. The van der Waals surface area contributed by atoms with Gasteiger partial charge in [-0.1, -0.05) is 22.0 Å². The third-order valence-corrected chi connectivity index (χ3v) is 4.63. The molecule has 1 aliphatic heterocycles. The minimum absolute atomic E-state index is 0.108. The summed E-state index contributed by atoms with van der Waals surface area (Å²) in [5.74, 6) is 0.594. The number of pyridine rings is 1. The molecule has 122 valence electrons. The van der Waals surface area contributed by atoms with Gasteiger partial charge >= 0.3 is 0 Å². The Balaban J connectivity index is 1.94. The Kier molecular flexibility index (Phi) is 5.13. The van der Waals surface area contributed by atoms with E-state index in [4.69, 9.17) is 9.47 Å². The van der Waals surface area contributed by atoms with Crippen LogP contribution in [0.5, 0.6) is 5.75 Å². The number of methoxy groups -OCH3 is 1. The number of halogens is 1. The average Bonchev–Trinajstić information content (AvgIpc) is 3.11. The molecule has 1 aromatic carbocycles. The molecule has 1 aliphatic rings. The largest absolute Gasteiger partial charge is 0.494 e. The van der Waals surface area contributed by atoms with Crippen LogP contribution in [0.3, 0.4) is 0 Å². The highest BCUT2D eigenvalue weighted by Gasteiger charge is 2.20. The minimum Gasteiger partial charge on any atom is -0.494 e. The van der Waals surface area contributed by atoms with Crippen molar-refractivity contribution < 1.29 is 14.3 Å². The van der Waals surface area contributed by atoms with Crippen LogP contribution in [0.2, 0.25) is 0 Å². The molecule has 6 heteroatoms. The normalized spacial score (nSPS) is 17.4. The number of amides is 1. The van der Waals surface area contributed by atoms with Gasteiger partial charge in [0, 0.05) is 41.2 Å². The number of carbonyl (C=O) groups excluding carboxylic acids is 1. The van der Waals surface area contributed by atoms with Crippen molar-refractivity contribution in [1.82, 2.24) is 10.3 Å². The summed E-state index contributed by atoms with van der Waals surface area (Å²) in [5.41, 5.74) is 2.22. The summed E-state index contributed by atoms with van der Waals surface area (Å²) in [6, 6.07) is 5.58. The fourth-order valence-corrected chi connectivity index (χ4v) is 3.31. The van der Waals surface area contributed by atoms with E-state index < -0.39 is 0 Å². The minimum atomic E-state index is -0.108. The Hall–Kier alpha value is -1.66. The molecule has 0 radical (unpaired) electrons. The van der Waals surface area contributed by atoms with Crippen LogP contribution in [0.25, 0.3) is 10.9 Å². The van der Waals surface area contributed by atoms with Crippen molar-refractivity contribution in [3.05, 3.63) is 35.5 Å². The van der Waals surface area contributed by atoms with Gasteiger partial charge in [-0.2, -0.15) is 0 Å². The molecule has 2 heterocycles. The smallest absolute Gasteiger partial charge is 0.252 e. The standard InChI is InChI=1S/C17H19BrN2O3/c1-22-16-11(9-18)8-14(13-5-2-6-19-15(13)16)17(21)20-10-12-4-3-7-23-12/h2,5-6,8,12H,3-4,7,9-10H2,1H3,(H,20,21). The van der Waals surface area contributed by atoms with Gasteiger partial charge in [0.05, 0.1) is 13.2 Å². The predicted octanol–water partition coefficient (Wildman–Crippen LogP) is 3.05. The summed E-state index contributed by atoms with van der Waals surface area (Å²) in [5, 5.41) is 4.36. The van der Waals surface area contributed by atoms with E-state index >= 15 is 0 Å². The Bertz CT molecular complexity index is 714. The molecule has 0 aliphatic carbocycles. The molecule has 1 saturated heterocycles. The van der Waals surface area contributed by atoms with Crippen LogP contribution >= 0.6 is 15.9 Å². The van der Waals surface area contributed by atoms with Crippen LogP contribution in [-0.2, 0) is 10.1 Å². The van der Waals surface area contributed by atoms with E-state index in [1.165, 1.54) is 0 Å².